The molecule has 20 heavy (non-hydrogen) atoms. The van der Waals surface area contributed by atoms with Crippen molar-refractivity contribution in [2.75, 3.05) is 10.6 Å². The molecule has 3 N–H and O–H groups in total. The minimum Gasteiger partial charge on any atom is -0.384 e. The SMILES string of the molecule is CCC1C(=O)N(c2cnc[nH]2)Cc2c(C)cc(N)nc21. The van der Waals surface area contributed by atoms with Crippen molar-refractivity contribution in [2.45, 2.75) is 32.7 Å². The van der Waals surface area contributed by atoms with E-state index >= 15 is 0 Å². The number of aromatic amines is 1. The Bertz CT molecular complexity index is 650. The van der Waals surface area contributed by atoms with Gasteiger partial charge in [0.15, 0.2) is 0 Å². The first-order valence-electron chi connectivity index (χ1n) is 6.67. The van der Waals surface area contributed by atoms with E-state index in [0.29, 0.717) is 18.8 Å². The minimum atomic E-state index is -0.246. The van der Waals surface area contributed by atoms with Gasteiger partial charge < -0.3 is 10.7 Å². The number of nitrogens with one attached hydrogen (secondary N) is 1. The number of nitrogens with zero attached hydrogens (tertiary/aromatic N) is 3. The normalized spacial score (nSPS) is 18.2. The van der Waals surface area contributed by atoms with Crippen LogP contribution in [-0.2, 0) is 11.3 Å². The van der Waals surface area contributed by atoms with Gasteiger partial charge in [0.25, 0.3) is 0 Å². The third-order valence-electron chi connectivity index (χ3n) is 3.79. The van der Waals surface area contributed by atoms with Gasteiger partial charge >= 0.3 is 0 Å². The number of aromatic nitrogens is 3. The van der Waals surface area contributed by atoms with E-state index in [-0.39, 0.29) is 11.8 Å². The number of nitrogens with two attached hydrogens (primary N) is 1. The molecule has 0 fully saturated rings. The second-order valence-electron chi connectivity index (χ2n) is 5.05. The number of nitrogen functional groups attached to an aromatic ring is 1. The van der Waals surface area contributed by atoms with Gasteiger partial charge in [-0.2, -0.15) is 0 Å². The molecule has 1 amide bonds. The molecule has 6 heteroatoms. The number of imidazole rings is 1. The third-order valence-corrected chi connectivity index (χ3v) is 3.79. The molecule has 0 saturated heterocycles. The van der Waals surface area contributed by atoms with E-state index in [0.717, 1.165) is 22.6 Å². The van der Waals surface area contributed by atoms with Gasteiger partial charge in [0, 0.05) is 0 Å². The summed E-state index contributed by atoms with van der Waals surface area (Å²) in [7, 11) is 0. The Morgan fingerprint density at radius 1 is 1.55 bits per heavy atom. The average Bonchev–Trinajstić information content (AvgIpc) is 2.92. The van der Waals surface area contributed by atoms with Crippen LogP contribution < -0.4 is 10.6 Å². The van der Waals surface area contributed by atoms with E-state index in [1.54, 1.807) is 17.4 Å². The molecule has 0 bridgehead atoms. The quantitative estimate of drug-likeness (QED) is 0.870. The van der Waals surface area contributed by atoms with Crippen LogP contribution in [0.4, 0.5) is 11.6 Å². The Kier molecular flexibility index (Phi) is 2.93. The zero-order valence-corrected chi connectivity index (χ0v) is 11.6. The molecule has 0 saturated carbocycles. The lowest BCUT2D eigenvalue weighted by atomic mass is 9.89. The fourth-order valence-corrected chi connectivity index (χ4v) is 2.75. The van der Waals surface area contributed by atoms with Crippen molar-refractivity contribution >= 4 is 17.5 Å². The number of carbonyl (C=O) groups excluding carboxylic acids is 1. The number of H-pyrrole nitrogens is 1. The van der Waals surface area contributed by atoms with E-state index in [2.05, 4.69) is 15.0 Å². The first-order valence-corrected chi connectivity index (χ1v) is 6.67. The Morgan fingerprint density at radius 2 is 2.35 bits per heavy atom. The van der Waals surface area contributed by atoms with Crippen LogP contribution >= 0.6 is 0 Å². The number of anilines is 2. The van der Waals surface area contributed by atoms with Gasteiger partial charge in [-0.1, -0.05) is 6.92 Å². The summed E-state index contributed by atoms with van der Waals surface area (Å²) >= 11 is 0. The van der Waals surface area contributed by atoms with Gasteiger partial charge in [-0.05, 0) is 30.5 Å². The minimum absolute atomic E-state index is 0.0433. The Balaban J connectivity index is 2.12. The molecule has 1 unspecified atom stereocenters. The van der Waals surface area contributed by atoms with Crippen LogP contribution in [0.15, 0.2) is 18.6 Å². The molecule has 0 spiro atoms. The summed E-state index contributed by atoms with van der Waals surface area (Å²) in [6.07, 6.45) is 3.94. The first-order chi connectivity index (χ1) is 9.61. The summed E-state index contributed by atoms with van der Waals surface area (Å²) in [6.45, 7) is 4.50. The highest BCUT2D eigenvalue weighted by Gasteiger charge is 2.35. The van der Waals surface area contributed by atoms with Crippen LogP contribution in [0.1, 0.15) is 36.1 Å². The maximum absolute atomic E-state index is 12.6. The fourth-order valence-electron chi connectivity index (χ4n) is 2.75. The summed E-state index contributed by atoms with van der Waals surface area (Å²) in [6, 6.07) is 1.85. The molecule has 2 aromatic heterocycles. The highest BCUT2D eigenvalue weighted by atomic mass is 16.2. The standard InChI is InChI=1S/C14H17N5O/c1-3-9-13-10(8(2)4-11(15)18-13)6-19(14(9)20)12-5-16-7-17-12/h4-5,7,9H,3,6H2,1-2H3,(H2,15,18)(H,16,17). The Labute approximate surface area is 117 Å². The number of pyridine rings is 1. The summed E-state index contributed by atoms with van der Waals surface area (Å²) in [5, 5.41) is 0. The number of hydrogen-bond acceptors (Lipinski definition) is 4. The predicted molar refractivity (Wildman–Crippen MR) is 76.2 cm³/mol. The average molecular weight is 271 g/mol. The van der Waals surface area contributed by atoms with Gasteiger partial charge in [-0.15, -0.1) is 0 Å². The maximum Gasteiger partial charge on any atom is 0.237 e. The molecule has 0 radical (unpaired) electrons. The molecule has 104 valence electrons. The Hall–Kier alpha value is -2.37. The van der Waals surface area contributed by atoms with Crippen molar-refractivity contribution in [3.05, 3.63) is 35.4 Å². The summed E-state index contributed by atoms with van der Waals surface area (Å²) in [5.41, 5.74) is 8.80. The van der Waals surface area contributed by atoms with E-state index in [9.17, 15) is 4.79 Å². The summed E-state index contributed by atoms with van der Waals surface area (Å²) in [4.78, 5) is 25.7. The molecule has 1 aliphatic rings. The Morgan fingerprint density at radius 3 is 3.00 bits per heavy atom. The van der Waals surface area contributed by atoms with Gasteiger partial charge in [0.05, 0.1) is 30.7 Å². The fraction of sp³-hybridized carbons (Fsp3) is 0.357. The monoisotopic (exact) mass is 271 g/mol. The zero-order valence-electron chi connectivity index (χ0n) is 11.6. The number of amides is 1. The van der Waals surface area contributed by atoms with Crippen molar-refractivity contribution in [1.29, 1.82) is 0 Å². The topological polar surface area (TPSA) is 87.9 Å². The van der Waals surface area contributed by atoms with Crippen LogP contribution in [0.5, 0.6) is 0 Å². The smallest absolute Gasteiger partial charge is 0.237 e. The number of rotatable bonds is 2. The lowest BCUT2D eigenvalue weighted by Crippen LogP contribution is -2.40. The molecule has 3 heterocycles. The largest absolute Gasteiger partial charge is 0.384 e. The van der Waals surface area contributed by atoms with E-state index in [1.165, 1.54) is 0 Å². The highest BCUT2D eigenvalue weighted by molar-refractivity contribution is 5.98. The highest BCUT2D eigenvalue weighted by Crippen LogP contribution is 2.34. The van der Waals surface area contributed by atoms with Crippen molar-refractivity contribution in [1.82, 2.24) is 15.0 Å². The molecule has 0 aromatic carbocycles. The molecule has 1 aliphatic heterocycles. The number of carbonyl (C=O) groups is 1. The van der Waals surface area contributed by atoms with Crippen molar-refractivity contribution in [2.24, 2.45) is 0 Å². The first kappa shape index (κ1) is 12.7. The molecule has 6 nitrogen and oxygen atoms in total. The van der Waals surface area contributed by atoms with E-state index in [4.69, 9.17) is 5.73 Å². The molecular weight excluding hydrogens is 254 g/mol. The predicted octanol–water partition coefficient (Wildman–Crippen LogP) is 1.74. The molecule has 3 rings (SSSR count). The van der Waals surface area contributed by atoms with Crippen molar-refractivity contribution in [3.63, 3.8) is 0 Å². The van der Waals surface area contributed by atoms with Crippen LogP contribution in [0.2, 0.25) is 0 Å². The van der Waals surface area contributed by atoms with E-state index < -0.39 is 0 Å². The zero-order chi connectivity index (χ0) is 14.3. The lowest BCUT2D eigenvalue weighted by molar-refractivity contribution is -0.120. The molecular formula is C14H17N5O. The summed E-state index contributed by atoms with van der Waals surface area (Å²) < 4.78 is 0. The van der Waals surface area contributed by atoms with Crippen LogP contribution in [0, 0.1) is 6.92 Å². The number of hydrogen-bond donors (Lipinski definition) is 2. The summed E-state index contributed by atoms with van der Waals surface area (Å²) in [5.74, 6) is 0.990. The molecule has 1 atom stereocenters. The van der Waals surface area contributed by atoms with Crippen molar-refractivity contribution < 1.29 is 4.79 Å². The van der Waals surface area contributed by atoms with E-state index in [1.807, 2.05) is 19.9 Å². The maximum atomic E-state index is 12.6. The second kappa shape index (κ2) is 4.63. The van der Waals surface area contributed by atoms with Crippen LogP contribution in [0.3, 0.4) is 0 Å². The molecule has 0 aliphatic carbocycles. The molecule has 2 aromatic rings. The van der Waals surface area contributed by atoms with Gasteiger partial charge in [0.1, 0.15) is 11.6 Å². The second-order valence-corrected chi connectivity index (χ2v) is 5.05. The number of aryl methyl sites for hydroxylation is 1. The van der Waals surface area contributed by atoms with Crippen LogP contribution in [0.25, 0.3) is 0 Å². The van der Waals surface area contributed by atoms with Crippen molar-refractivity contribution in [3.8, 4) is 0 Å². The number of fused-ring (bicyclic) bond motifs is 1. The van der Waals surface area contributed by atoms with Crippen LogP contribution in [-0.4, -0.2) is 20.9 Å². The van der Waals surface area contributed by atoms with Gasteiger partial charge in [-0.25, -0.2) is 9.97 Å². The third kappa shape index (κ3) is 1.84. The van der Waals surface area contributed by atoms with Gasteiger partial charge in [0.2, 0.25) is 5.91 Å². The van der Waals surface area contributed by atoms with Gasteiger partial charge in [-0.3, -0.25) is 9.69 Å². The lowest BCUT2D eigenvalue weighted by Gasteiger charge is -2.33.